The van der Waals surface area contributed by atoms with Crippen LogP contribution < -0.4 is 0 Å². The molecule has 9 nitrogen and oxygen atoms in total. The Labute approximate surface area is 293 Å². The monoisotopic (exact) mass is 724 g/mol. The maximum Gasteiger partial charge on any atom is 0.198 e. The fourth-order valence-corrected chi connectivity index (χ4v) is 10.4. The zero-order valence-corrected chi connectivity index (χ0v) is 30.2. The van der Waals surface area contributed by atoms with Gasteiger partial charge in [0.15, 0.2) is 37.1 Å². The lowest BCUT2D eigenvalue weighted by Gasteiger charge is -2.31. The Bertz CT molecular complexity index is 2150. The minimum Gasteiger partial charge on any atom is -0.606 e. The molecule has 1 aliphatic heterocycles. The van der Waals surface area contributed by atoms with Crippen molar-refractivity contribution in [2.45, 2.75) is 74.2 Å². The summed E-state index contributed by atoms with van der Waals surface area (Å²) in [6.45, 7) is 5.43. The van der Waals surface area contributed by atoms with Gasteiger partial charge >= 0.3 is 0 Å². The summed E-state index contributed by atoms with van der Waals surface area (Å²) >= 11 is -2.14. The van der Waals surface area contributed by atoms with E-state index in [0.29, 0.717) is 41.6 Å². The van der Waals surface area contributed by atoms with Crippen molar-refractivity contribution in [2.24, 2.45) is 12.5 Å². The van der Waals surface area contributed by atoms with Gasteiger partial charge in [0.2, 0.25) is 0 Å². The van der Waals surface area contributed by atoms with Crippen LogP contribution in [0.1, 0.15) is 62.5 Å². The van der Waals surface area contributed by atoms with Gasteiger partial charge in [-0.05, 0) is 60.9 Å². The lowest BCUT2D eigenvalue weighted by molar-refractivity contribution is 0.0955. The molecule has 3 atom stereocenters. The molecule has 13 heteroatoms. The summed E-state index contributed by atoms with van der Waals surface area (Å²) < 4.78 is 74.5. The molecule has 0 amide bonds. The van der Waals surface area contributed by atoms with Gasteiger partial charge in [0.1, 0.15) is 5.82 Å². The number of aromatic amines is 1. The maximum atomic E-state index is 15.8. The van der Waals surface area contributed by atoms with E-state index in [0.717, 1.165) is 11.1 Å². The lowest BCUT2D eigenvalue weighted by Crippen LogP contribution is -2.29. The van der Waals surface area contributed by atoms with E-state index in [1.54, 1.807) is 19.3 Å². The number of aliphatic hydroxyl groups is 2. The molecule has 1 unspecified atom stereocenters. The van der Waals surface area contributed by atoms with Gasteiger partial charge in [-0.1, -0.05) is 44.5 Å². The van der Waals surface area contributed by atoms with E-state index >= 15 is 8.78 Å². The molecule has 1 aliphatic rings. The van der Waals surface area contributed by atoms with Gasteiger partial charge < -0.3 is 19.7 Å². The minimum atomic E-state index is -3.65. The summed E-state index contributed by atoms with van der Waals surface area (Å²) in [6, 6.07) is 14.5. The standard InChI is InChI=1S/C37H42F2N4O5S2/c1-36(2)13-6-14-37(3,24-8-5-7-23(17-24)18-25(45)21-44)35-41-34(43(4)42-35)29-19-26(9-10-30(29)38)49(46)33-28(12-16-50(47,48)22-36)27-11-15-40-32(27)20-31(33)39/h5,7-11,15,17,19-20,25,40,44-45H,6,12-14,16,18,21-22H2,1-4H3/t25-,37+,49?/m0/s1. The van der Waals surface area contributed by atoms with E-state index in [4.69, 9.17) is 10.1 Å². The number of fused-ring (bicyclic) bond motifs is 8. The predicted molar refractivity (Wildman–Crippen MR) is 189 cm³/mol. The first-order chi connectivity index (χ1) is 23.6. The Balaban J connectivity index is 1.53. The first-order valence-corrected chi connectivity index (χ1v) is 19.6. The van der Waals surface area contributed by atoms with Gasteiger partial charge in [-0.3, -0.25) is 0 Å². The van der Waals surface area contributed by atoms with Crippen molar-refractivity contribution in [1.29, 1.82) is 0 Å². The van der Waals surface area contributed by atoms with Crippen LogP contribution in [-0.4, -0.2) is 67.1 Å². The largest absolute Gasteiger partial charge is 0.606 e. The molecule has 0 spiro atoms. The normalized spacial score (nSPS) is 21.7. The van der Waals surface area contributed by atoms with Gasteiger partial charge in [-0.25, -0.2) is 26.9 Å². The Hall–Kier alpha value is -3.62. The fraction of sp³-hybridized carbons (Fsp3) is 0.405. The Morgan fingerprint density at radius 3 is 2.62 bits per heavy atom. The van der Waals surface area contributed by atoms with Gasteiger partial charge in [0.05, 0.1) is 35.2 Å². The molecule has 2 aromatic heterocycles. The zero-order valence-electron chi connectivity index (χ0n) is 28.5. The second kappa shape index (κ2) is 13.8. The van der Waals surface area contributed by atoms with Crippen LogP contribution in [0.3, 0.4) is 0 Å². The number of aliphatic hydroxyl groups excluding tert-OH is 2. The van der Waals surface area contributed by atoms with Crippen molar-refractivity contribution >= 4 is 31.9 Å². The van der Waals surface area contributed by atoms with Gasteiger partial charge in [-0.15, -0.1) is 0 Å². The van der Waals surface area contributed by atoms with Crippen molar-refractivity contribution in [3.05, 3.63) is 94.9 Å². The van der Waals surface area contributed by atoms with E-state index in [1.807, 2.05) is 45.0 Å². The van der Waals surface area contributed by atoms with Gasteiger partial charge in [-0.2, -0.15) is 5.10 Å². The van der Waals surface area contributed by atoms with E-state index < -0.39 is 49.6 Å². The van der Waals surface area contributed by atoms with Crippen LogP contribution in [-0.2, 0) is 46.3 Å². The highest BCUT2D eigenvalue weighted by Gasteiger charge is 2.37. The molecular weight excluding hydrogens is 683 g/mol. The summed E-state index contributed by atoms with van der Waals surface area (Å²) in [4.78, 5) is 7.83. The number of aromatic nitrogens is 4. The number of hydrogen-bond donors (Lipinski definition) is 3. The number of halogens is 2. The number of nitrogens with one attached hydrogen (secondary N) is 1. The van der Waals surface area contributed by atoms with Crippen molar-refractivity contribution in [3.63, 3.8) is 0 Å². The third-order valence-corrected chi connectivity index (χ3v) is 13.3. The highest BCUT2D eigenvalue weighted by atomic mass is 32.2. The second-order valence-corrected chi connectivity index (χ2v) is 17.9. The summed E-state index contributed by atoms with van der Waals surface area (Å²) in [6.07, 6.45) is 2.57. The first kappa shape index (κ1) is 36.2. The van der Waals surface area contributed by atoms with Crippen LogP contribution in [0.4, 0.5) is 8.78 Å². The maximum absolute atomic E-state index is 15.8. The predicted octanol–water partition coefficient (Wildman–Crippen LogP) is 5.78. The molecular formula is C37H42F2N4O5S2. The molecule has 0 aliphatic carbocycles. The Morgan fingerprint density at radius 2 is 1.86 bits per heavy atom. The molecule has 4 bridgehead atoms. The topological polar surface area (TPSA) is 144 Å². The van der Waals surface area contributed by atoms with Crippen molar-refractivity contribution in [2.75, 3.05) is 18.1 Å². The smallest absolute Gasteiger partial charge is 0.198 e. The minimum absolute atomic E-state index is 0.0359. The number of rotatable bonds is 4. The summed E-state index contributed by atoms with van der Waals surface area (Å²) in [5.74, 6) is -1.14. The molecule has 0 fully saturated rings. The number of nitrogens with zero attached hydrogens (tertiary/aromatic N) is 3. The molecule has 0 saturated carbocycles. The van der Waals surface area contributed by atoms with Crippen LogP contribution >= 0.6 is 0 Å². The molecule has 0 radical (unpaired) electrons. The van der Waals surface area contributed by atoms with Gasteiger partial charge in [0, 0.05) is 59.4 Å². The van der Waals surface area contributed by atoms with E-state index in [9.17, 15) is 23.2 Å². The zero-order chi connectivity index (χ0) is 36.0. The highest BCUT2D eigenvalue weighted by Crippen LogP contribution is 2.40. The van der Waals surface area contributed by atoms with Crippen LogP contribution in [0.5, 0.6) is 0 Å². The number of H-pyrrole nitrogens is 1. The molecule has 3 aromatic carbocycles. The Kier molecular flexibility index (Phi) is 10.0. The van der Waals surface area contributed by atoms with Gasteiger partial charge in [0.25, 0.3) is 0 Å². The van der Waals surface area contributed by atoms with E-state index in [-0.39, 0.29) is 52.1 Å². The average molecular weight is 725 g/mol. The molecule has 0 saturated heterocycles. The third-order valence-electron chi connectivity index (χ3n) is 9.75. The van der Waals surface area contributed by atoms with Crippen LogP contribution in [0.25, 0.3) is 22.3 Å². The van der Waals surface area contributed by atoms with Crippen LogP contribution in [0.15, 0.2) is 70.6 Å². The quantitative estimate of drug-likeness (QED) is 0.200. The molecule has 266 valence electrons. The van der Waals surface area contributed by atoms with Crippen molar-refractivity contribution < 1.29 is 32.0 Å². The molecule has 3 N–H and O–H groups in total. The third kappa shape index (κ3) is 7.24. The summed E-state index contributed by atoms with van der Waals surface area (Å²) in [5, 5.41) is 24.9. The second-order valence-electron chi connectivity index (χ2n) is 14.3. The van der Waals surface area contributed by atoms with E-state index in [1.165, 1.54) is 28.9 Å². The molecule has 50 heavy (non-hydrogen) atoms. The number of benzene rings is 3. The SMILES string of the molecule is Cn1nc2nc1-c1cc(ccc1F)[S+]([O-])c1c(F)cc3[nH]ccc3c1CCS(=O)(=O)CC(C)(C)CCC[C@]2(C)c1cccc(C[C@H](O)CO)c1. The molecule has 3 heterocycles. The first-order valence-electron chi connectivity index (χ1n) is 16.6. The fourth-order valence-electron chi connectivity index (χ4n) is 7.12. The molecule has 6 rings (SSSR count). The van der Waals surface area contributed by atoms with Crippen molar-refractivity contribution in [1.82, 2.24) is 19.7 Å². The number of aryl methyl sites for hydroxylation is 2. The lowest BCUT2D eigenvalue weighted by atomic mass is 9.75. The van der Waals surface area contributed by atoms with Crippen LogP contribution in [0.2, 0.25) is 0 Å². The average Bonchev–Trinajstić information content (AvgIpc) is 3.69. The summed E-state index contributed by atoms with van der Waals surface area (Å²) in [5.41, 5.74) is 1.04. The number of sulfone groups is 1. The highest BCUT2D eigenvalue weighted by molar-refractivity contribution is 7.92. The van der Waals surface area contributed by atoms with Crippen LogP contribution in [0, 0.1) is 17.0 Å². The Morgan fingerprint density at radius 1 is 1.08 bits per heavy atom. The van der Waals surface area contributed by atoms with E-state index in [2.05, 4.69) is 4.98 Å². The molecule has 5 aromatic rings. The number of hydrogen-bond acceptors (Lipinski definition) is 7. The van der Waals surface area contributed by atoms with Crippen molar-refractivity contribution in [3.8, 4) is 11.4 Å². The summed E-state index contributed by atoms with van der Waals surface area (Å²) in [7, 11) is -2.00.